The molecule has 27 heavy (non-hydrogen) atoms. The first-order valence-electron chi connectivity index (χ1n) is 10.1. The largest absolute Gasteiger partial charge is 0.375 e. The van der Waals surface area contributed by atoms with Gasteiger partial charge in [-0.05, 0) is 44.4 Å². The van der Waals surface area contributed by atoms with Gasteiger partial charge in [0, 0.05) is 63.6 Å². The van der Waals surface area contributed by atoms with E-state index in [0.29, 0.717) is 12.8 Å². The molecule has 0 bridgehead atoms. The van der Waals surface area contributed by atoms with Crippen LogP contribution in [0.3, 0.4) is 0 Å². The van der Waals surface area contributed by atoms with Crippen LogP contribution in [0, 0.1) is 5.92 Å². The topological polar surface area (TPSA) is 64.7 Å². The maximum absolute atomic E-state index is 11.9. The first-order valence-corrected chi connectivity index (χ1v) is 10.1. The van der Waals surface area contributed by atoms with E-state index in [-0.39, 0.29) is 17.6 Å². The summed E-state index contributed by atoms with van der Waals surface area (Å²) >= 11 is 0. The predicted molar refractivity (Wildman–Crippen MR) is 109 cm³/mol. The summed E-state index contributed by atoms with van der Waals surface area (Å²) in [6.45, 7) is 10.9. The summed E-state index contributed by atoms with van der Waals surface area (Å²) in [6, 6.07) is 7.97. The average molecular weight is 373 g/mol. The Labute approximate surface area is 162 Å². The highest BCUT2D eigenvalue weighted by atomic mass is 16.1. The fraction of sp³-hybridized carbons (Fsp3) is 0.619. The summed E-state index contributed by atoms with van der Waals surface area (Å²) in [5.41, 5.74) is 2.14. The number of Topliss-reactive ketones (excluding diaryl/α,β-unsaturated/α-hetero) is 2. The van der Waals surface area contributed by atoms with E-state index in [1.54, 1.807) is 13.8 Å². The number of nitrogens with one attached hydrogen (secondary N) is 2. The van der Waals surface area contributed by atoms with Gasteiger partial charge in [0.05, 0.1) is 6.04 Å². The zero-order valence-electron chi connectivity index (χ0n) is 16.5. The Morgan fingerprint density at radius 3 is 2.52 bits per heavy atom. The van der Waals surface area contributed by atoms with Crippen LogP contribution in [0.25, 0.3) is 0 Å². The number of benzene rings is 1. The van der Waals surface area contributed by atoms with Crippen molar-refractivity contribution in [3.63, 3.8) is 0 Å². The van der Waals surface area contributed by atoms with Gasteiger partial charge in [-0.15, -0.1) is 0 Å². The summed E-state index contributed by atoms with van der Waals surface area (Å²) < 4.78 is 0. The molecular weight excluding hydrogens is 340 g/mol. The van der Waals surface area contributed by atoms with E-state index in [9.17, 15) is 9.59 Å². The standard InChI is InChI=1S/C21H32N4O2/c1-16(26)6-7-21(17(2)27)23-19-4-3-5-20(12-19)25-10-8-24(9-11-25)15-18-13-22-14-18/h3-5,12,18,21-23H,6-11,13-15H2,1-2H3/t21-/m1/s1. The van der Waals surface area contributed by atoms with Crippen molar-refractivity contribution in [3.05, 3.63) is 24.3 Å². The normalized spacial score (nSPS) is 19.4. The van der Waals surface area contributed by atoms with Crippen LogP contribution >= 0.6 is 0 Å². The summed E-state index contributed by atoms with van der Waals surface area (Å²) in [5, 5.41) is 6.66. The molecule has 2 saturated heterocycles. The second-order valence-electron chi connectivity index (χ2n) is 7.91. The molecule has 2 aliphatic heterocycles. The molecule has 6 heteroatoms. The molecule has 0 spiro atoms. The van der Waals surface area contributed by atoms with Gasteiger partial charge in [0.2, 0.25) is 0 Å². The van der Waals surface area contributed by atoms with Crippen LogP contribution in [-0.2, 0) is 9.59 Å². The number of carbonyl (C=O) groups is 2. The van der Waals surface area contributed by atoms with E-state index < -0.39 is 0 Å². The van der Waals surface area contributed by atoms with Crippen LogP contribution < -0.4 is 15.5 Å². The molecule has 1 atom stereocenters. The summed E-state index contributed by atoms with van der Waals surface area (Å²) in [7, 11) is 0. The van der Waals surface area contributed by atoms with Gasteiger partial charge < -0.3 is 20.3 Å². The van der Waals surface area contributed by atoms with Gasteiger partial charge in [-0.25, -0.2) is 0 Å². The zero-order valence-corrected chi connectivity index (χ0v) is 16.5. The number of hydrogen-bond acceptors (Lipinski definition) is 6. The Balaban J connectivity index is 1.55. The minimum absolute atomic E-state index is 0.0701. The Morgan fingerprint density at radius 1 is 1.19 bits per heavy atom. The lowest BCUT2D eigenvalue weighted by atomic mass is 10.0. The summed E-state index contributed by atoms with van der Waals surface area (Å²) in [4.78, 5) is 28.1. The van der Waals surface area contributed by atoms with Crippen molar-refractivity contribution in [2.45, 2.75) is 32.7 Å². The Morgan fingerprint density at radius 2 is 1.93 bits per heavy atom. The fourth-order valence-corrected chi connectivity index (χ4v) is 3.75. The van der Waals surface area contributed by atoms with Crippen molar-refractivity contribution in [1.82, 2.24) is 10.2 Å². The maximum Gasteiger partial charge on any atom is 0.151 e. The number of piperazine rings is 1. The van der Waals surface area contributed by atoms with Crippen LogP contribution in [0.2, 0.25) is 0 Å². The maximum atomic E-state index is 11.9. The lowest BCUT2D eigenvalue weighted by molar-refractivity contribution is -0.118. The third-order valence-electron chi connectivity index (χ3n) is 5.58. The van der Waals surface area contributed by atoms with E-state index in [0.717, 1.165) is 50.9 Å². The highest BCUT2D eigenvalue weighted by Gasteiger charge is 2.23. The minimum Gasteiger partial charge on any atom is -0.375 e. The number of ketones is 2. The molecule has 0 amide bonds. The van der Waals surface area contributed by atoms with Crippen LogP contribution in [0.1, 0.15) is 26.7 Å². The van der Waals surface area contributed by atoms with Gasteiger partial charge in [0.25, 0.3) is 0 Å². The highest BCUT2D eigenvalue weighted by Crippen LogP contribution is 2.22. The SMILES string of the molecule is CC(=O)CC[C@@H](Nc1cccc(N2CCN(CC3CNC3)CC2)c1)C(C)=O. The van der Waals surface area contributed by atoms with Crippen LogP contribution in [-0.4, -0.2) is 68.3 Å². The number of nitrogens with zero attached hydrogens (tertiary/aromatic N) is 2. The highest BCUT2D eigenvalue weighted by molar-refractivity contribution is 5.85. The monoisotopic (exact) mass is 372 g/mol. The van der Waals surface area contributed by atoms with Crippen molar-refractivity contribution >= 4 is 22.9 Å². The quantitative estimate of drug-likeness (QED) is 0.689. The summed E-state index contributed by atoms with van der Waals surface area (Å²) in [5.74, 6) is 1.01. The zero-order chi connectivity index (χ0) is 19.2. The van der Waals surface area contributed by atoms with Crippen molar-refractivity contribution < 1.29 is 9.59 Å². The molecule has 0 unspecified atom stereocenters. The fourth-order valence-electron chi connectivity index (χ4n) is 3.75. The van der Waals surface area contributed by atoms with E-state index in [1.165, 1.54) is 12.2 Å². The van der Waals surface area contributed by atoms with Gasteiger partial charge >= 0.3 is 0 Å². The lowest BCUT2D eigenvalue weighted by Crippen LogP contribution is -2.53. The molecule has 148 valence electrons. The molecule has 6 nitrogen and oxygen atoms in total. The first-order chi connectivity index (χ1) is 13.0. The number of carbonyl (C=O) groups excluding carboxylic acids is 2. The number of rotatable bonds is 9. The van der Waals surface area contributed by atoms with E-state index in [2.05, 4.69) is 32.6 Å². The van der Waals surface area contributed by atoms with Gasteiger partial charge in [-0.3, -0.25) is 9.69 Å². The van der Waals surface area contributed by atoms with Crippen molar-refractivity contribution in [2.24, 2.45) is 5.92 Å². The van der Waals surface area contributed by atoms with Gasteiger partial charge in [0.1, 0.15) is 5.78 Å². The molecule has 2 heterocycles. The van der Waals surface area contributed by atoms with Crippen LogP contribution in [0.15, 0.2) is 24.3 Å². The minimum atomic E-state index is -0.308. The molecule has 0 saturated carbocycles. The first kappa shape index (κ1) is 19.8. The van der Waals surface area contributed by atoms with Crippen molar-refractivity contribution in [1.29, 1.82) is 0 Å². The van der Waals surface area contributed by atoms with Crippen molar-refractivity contribution in [3.8, 4) is 0 Å². The Hall–Kier alpha value is -1.92. The molecule has 1 aromatic rings. The van der Waals surface area contributed by atoms with Gasteiger partial charge in [-0.1, -0.05) is 6.07 Å². The molecule has 2 fully saturated rings. The number of anilines is 2. The molecule has 3 rings (SSSR count). The smallest absolute Gasteiger partial charge is 0.151 e. The summed E-state index contributed by atoms with van der Waals surface area (Å²) in [6.07, 6.45) is 0.971. The molecule has 0 aliphatic carbocycles. The number of hydrogen-bond donors (Lipinski definition) is 2. The Kier molecular flexibility index (Phi) is 6.85. The third kappa shape index (κ3) is 5.78. The van der Waals surface area contributed by atoms with E-state index >= 15 is 0 Å². The second kappa shape index (κ2) is 9.33. The van der Waals surface area contributed by atoms with Crippen molar-refractivity contribution in [2.75, 3.05) is 56.0 Å². The molecule has 1 aromatic carbocycles. The molecule has 2 aliphatic rings. The molecule has 0 aromatic heterocycles. The molecular formula is C21H32N4O2. The molecule has 2 N–H and O–H groups in total. The van der Waals surface area contributed by atoms with E-state index in [1.807, 2.05) is 12.1 Å². The Bertz CT molecular complexity index is 651. The predicted octanol–water partition coefficient (Wildman–Crippen LogP) is 1.77. The van der Waals surface area contributed by atoms with Gasteiger partial charge in [-0.2, -0.15) is 0 Å². The average Bonchev–Trinajstić information content (AvgIpc) is 2.62. The van der Waals surface area contributed by atoms with Crippen LogP contribution in [0.5, 0.6) is 0 Å². The molecule has 0 radical (unpaired) electrons. The lowest BCUT2D eigenvalue weighted by Gasteiger charge is -2.39. The van der Waals surface area contributed by atoms with Gasteiger partial charge in [0.15, 0.2) is 5.78 Å². The van der Waals surface area contributed by atoms with E-state index in [4.69, 9.17) is 0 Å². The third-order valence-corrected chi connectivity index (χ3v) is 5.58. The second-order valence-corrected chi connectivity index (χ2v) is 7.91. The van der Waals surface area contributed by atoms with Crippen LogP contribution in [0.4, 0.5) is 11.4 Å².